The molecule has 1 amide bonds. The number of nitrogens with one attached hydrogen (secondary N) is 1. The van der Waals surface area contributed by atoms with Crippen molar-refractivity contribution in [3.8, 4) is 0 Å². The van der Waals surface area contributed by atoms with Crippen LogP contribution in [0.5, 0.6) is 0 Å². The van der Waals surface area contributed by atoms with Gasteiger partial charge < -0.3 is 10.4 Å². The summed E-state index contributed by atoms with van der Waals surface area (Å²) in [4.78, 5) is 23.2. The molecule has 2 aromatic rings. The van der Waals surface area contributed by atoms with E-state index in [0.29, 0.717) is 17.7 Å². The largest absolute Gasteiger partial charge is 0.481 e. The lowest BCUT2D eigenvalue weighted by Crippen LogP contribution is -2.16. The molecular weight excluding hydrogens is 290 g/mol. The molecule has 1 unspecified atom stereocenters. The van der Waals surface area contributed by atoms with E-state index in [1.54, 1.807) is 24.3 Å². The van der Waals surface area contributed by atoms with E-state index in [-0.39, 0.29) is 18.2 Å². The van der Waals surface area contributed by atoms with Crippen molar-refractivity contribution in [2.75, 3.05) is 5.32 Å². The van der Waals surface area contributed by atoms with E-state index < -0.39 is 5.97 Å². The molecule has 23 heavy (non-hydrogen) atoms. The Hall–Kier alpha value is -2.62. The molecule has 0 fully saturated rings. The molecule has 2 rings (SSSR count). The number of benzene rings is 2. The van der Waals surface area contributed by atoms with E-state index in [1.165, 1.54) is 5.56 Å². The maximum Gasteiger partial charge on any atom is 0.307 e. The van der Waals surface area contributed by atoms with E-state index >= 15 is 0 Å². The SMILES string of the molecule is Cc1ccccc1C(C)CC(=O)Nc1ccccc1CC(=O)O. The number of carbonyl (C=O) groups excluding carboxylic acids is 1. The van der Waals surface area contributed by atoms with Gasteiger partial charge in [-0.05, 0) is 35.6 Å². The summed E-state index contributed by atoms with van der Waals surface area (Å²) < 4.78 is 0. The zero-order valence-electron chi connectivity index (χ0n) is 13.4. The van der Waals surface area contributed by atoms with E-state index in [0.717, 1.165) is 5.56 Å². The lowest BCUT2D eigenvalue weighted by atomic mass is 9.93. The number of carbonyl (C=O) groups is 2. The highest BCUT2D eigenvalue weighted by molar-refractivity contribution is 5.92. The molecule has 0 saturated carbocycles. The highest BCUT2D eigenvalue weighted by atomic mass is 16.4. The van der Waals surface area contributed by atoms with Crippen LogP contribution in [0.4, 0.5) is 5.69 Å². The number of hydrogen-bond donors (Lipinski definition) is 2. The monoisotopic (exact) mass is 311 g/mol. The van der Waals surface area contributed by atoms with Gasteiger partial charge in [-0.1, -0.05) is 49.4 Å². The Morgan fingerprint density at radius 3 is 2.43 bits per heavy atom. The fourth-order valence-electron chi connectivity index (χ4n) is 2.69. The maximum atomic E-state index is 12.3. The summed E-state index contributed by atoms with van der Waals surface area (Å²) in [6.07, 6.45) is 0.246. The van der Waals surface area contributed by atoms with Crippen LogP contribution in [0.3, 0.4) is 0 Å². The van der Waals surface area contributed by atoms with Crippen molar-refractivity contribution >= 4 is 17.6 Å². The van der Waals surface area contributed by atoms with Gasteiger partial charge in [-0.3, -0.25) is 9.59 Å². The maximum absolute atomic E-state index is 12.3. The number of rotatable bonds is 6. The summed E-state index contributed by atoms with van der Waals surface area (Å²) in [5.74, 6) is -0.929. The molecule has 0 bridgehead atoms. The fourth-order valence-corrected chi connectivity index (χ4v) is 2.69. The van der Waals surface area contributed by atoms with Gasteiger partial charge in [0.05, 0.1) is 6.42 Å². The lowest BCUT2D eigenvalue weighted by Gasteiger charge is -2.15. The summed E-state index contributed by atoms with van der Waals surface area (Å²) in [6, 6.07) is 15.0. The van der Waals surface area contributed by atoms with E-state index in [1.807, 2.05) is 38.1 Å². The predicted molar refractivity (Wildman–Crippen MR) is 90.6 cm³/mol. The second kappa shape index (κ2) is 7.58. The molecule has 0 radical (unpaired) electrons. The Morgan fingerprint density at radius 1 is 1.09 bits per heavy atom. The first-order valence-corrected chi connectivity index (χ1v) is 7.62. The van der Waals surface area contributed by atoms with Crippen molar-refractivity contribution in [2.45, 2.75) is 32.6 Å². The quantitative estimate of drug-likeness (QED) is 0.853. The summed E-state index contributed by atoms with van der Waals surface area (Å²) in [5.41, 5.74) is 3.49. The number of hydrogen-bond acceptors (Lipinski definition) is 2. The van der Waals surface area contributed by atoms with E-state index in [2.05, 4.69) is 5.32 Å². The summed E-state index contributed by atoms with van der Waals surface area (Å²) in [7, 11) is 0. The Bertz CT molecular complexity index is 709. The first-order valence-electron chi connectivity index (χ1n) is 7.62. The number of para-hydroxylation sites is 1. The van der Waals surface area contributed by atoms with Gasteiger partial charge in [-0.2, -0.15) is 0 Å². The highest BCUT2D eigenvalue weighted by Gasteiger charge is 2.14. The molecule has 0 heterocycles. The third kappa shape index (κ3) is 4.68. The molecule has 4 heteroatoms. The Morgan fingerprint density at radius 2 is 1.74 bits per heavy atom. The minimum Gasteiger partial charge on any atom is -0.481 e. The first-order chi connectivity index (χ1) is 11.0. The van der Waals surface area contributed by atoms with Crippen LogP contribution in [0.15, 0.2) is 48.5 Å². The number of aryl methyl sites for hydroxylation is 1. The Balaban J connectivity index is 2.05. The third-order valence-corrected chi connectivity index (χ3v) is 3.84. The van der Waals surface area contributed by atoms with Gasteiger partial charge in [0, 0.05) is 12.1 Å². The van der Waals surface area contributed by atoms with Crippen LogP contribution in [0.1, 0.15) is 36.0 Å². The number of amides is 1. The predicted octanol–water partition coefficient (Wildman–Crippen LogP) is 3.75. The van der Waals surface area contributed by atoms with Crippen LogP contribution < -0.4 is 5.32 Å². The van der Waals surface area contributed by atoms with Gasteiger partial charge in [0.15, 0.2) is 0 Å². The van der Waals surface area contributed by atoms with Crippen LogP contribution in [0.25, 0.3) is 0 Å². The topological polar surface area (TPSA) is 66.4 Å². The minimum absolute atomic E-state index is 0.0998. The van der Waals surface area contributed by atoms with Gasteiger partial charge >= 0.3 is 5.97 Å². The minimum atomic E-state index is -0.917. The van der Waals surface area contributed by atoms with Gasteiger partial charge in [0.25, 0.3) is 0 Å². The summed E-state index contributed by atoms with van der Waals surface area (Å²) in [6.45, 7) is 4.05. The zero-order valence-corrected chi connectivity index (χ0v) is 13.4. The molecule has 0 aliphatic rings. The van der Waals surface area contributed by atoms with Crippen molar-refractivity contribution in [3.63, 3.8) is 0 Å². The normalized spacial score (nSPS) is 11.7. The molecule has 0 aromatic heterocycles. The van der Waals surface area contributed by atoms with Gasteiger partial charge in [-0.25, -0.2) is 0 Å². The van der Waals surface area contributed by atoms with Gasteiger partial charge in [0.2, 0.25) is 5.91 Å². The molecule has 0 aliphatic heterocycles. The lowest BCUT2D eigenvalue weighted by molar-refractivity contribution is -0.136. The highest BCUT2D eigenvalue weighted by Crippen LogP contribution is 2.23. The number of carboxylic acid groups (broad SMARTS) is 1. The van der Waals surface area contributed by atoms with Crippen LogP contribution in [-0.2, 0) is 16.0 Å². The van der Waals surface area contributed by atoms with Crippen LogP contribution in [-0.4, -0.2) is 17.0 Å². The average molecular weight is 311 g/mol. The number of aliphatic carboxylic acids is 1. The van der Waals surface area contributed by atoms with Crippen LogP contribution >= 0.6 is 0 Å². The van der Waals surface area contributed by atoms with Crippen molar-refractivity contribution in [3.05, 3.63) is 65.2 Å². The average Bonchev–Trinajstić information content (AvgIpc) is 2.49. The fraction of sp³-hybridized carbons (Fsp3) is 0.263. The number of anilines is 1. The van der Waals surface area contributed by atoms with Gasteiger partial charge in [0.1, 0.15) is 0 Å². The van der Waals surface area contributed by atoms with Crippen LogP contribution in [0.2, 0.25) is 0 Å². The van der Waals surface area contributed by atoms with Crippen LogP contribution in [0, 0.1) is 6.92 Å². The second-order valence-electron chi connectivity index (χ2n) is 5.74. The van der Waals surface area contributed by atoms with E-state index in [4.69, 9.17) is 5.11 Å². The third-order valence-electron chi connectivity index (χ3n) is 3.84. The standard InChI is InChI=1S/C19H21NO3/c1-13-7-3-5-9-16(13)14(2)11-18(21)20-17-10-6-4-8-15(17)12-19(22)23/h3-10,14H,11-12H2,1-2H3,(H,20,21)(H,22,23). The molecule has 4 nitrogen and oxygen atoms in total. The summed E-state index contributed by atoms with van der Waals surface area (Å²) >= 11 is 0. The van der Waals surface area contributed by atoms with Crippen molar-refractivity contribution < 1.29 is 14.7 Å². The molecular formula is C19H21NO3. The van der Waals surface area contributed by atoms with Crippen molar-refractivity contribution in [2.24, 2.45) is 0 Å². The number of carboxylic acids is 1. The molecule has 2 aromatic carbocycles. The van der Waals surface area contributed by atoms with Crippen molar-refractivity contribution in [1.82, 2.24) is 0 Å². The van der Waals surface area contributed by atoms with Gasteiger partial charge in [-0.15, -0.1) is 0 Å². The molecule has 120 valence electrons. The molecule has 2 N–H and O–H groups in total. The smallest absolute Gasteiger partial charge is 0.307 e. The molecule has 0 aliphatic carbocycles. The Kier molecular flexibility index (Phi) is 5.52. The van der Waals surface area contributed by atoms with Crippen molar-refractivity contribution in [1.29, 1.82) is 0 Å². The zero-order chi connectivity index (χ0) is 16.8. The Labute approximate surface area is 136 Å². The summed E-state index contributed by atoms with van der Waals surface area (Å²) in [5, 5.41) is 11.8. The molecule has 0 saturated heterocycles. The second-order valence-corrected chi connectivity index (χ2v) is 5.74. The first kappa shape index (κ1) is 16.7. The van der Waals surface area contributed by atoms with E-state index in [9.17, 15) is 9.59 Å². The molecule has 0 spiro atoms. The molecule has 1 atom stereocenters.